The van der Waals surface area contributed by atoms with Crippen molar-refractivity contribution in [2.45, 2.75) is 53.8 Å². The molecule has 0 amide bonds. The first-order valence-corrected chi connectivity index (χ1v) is 20.4. The molecule has 0 saturated heterocycles. The molecule has 0 fully saturated rings. The van der Waals surface area contributed by atoms with Crippen LogP contribution in [0.1, 0.15) is 52.7 Å². The molecule has 5 heteroatoms. The van der Waals surface area contributed by atoms with E-state index in [9.17, 15) is 5.11 Å². The number of benzene rings is 7. The Hall–Kier alpha value is -6.35. The molecule has 9 aromatic rings. The zero-order chi connectivity index (χ0) is 44.2. The van der Waals surface area contributed by atoms with Crippen LogP contribution in [0.25, 0.3) is 83.9 Å². The van der Waals surface area contributed by atoms with E-state index in [1.54, 1.807) is 12.1 Å². The smallest absolute Gasteiger partial charge is 0.148 e. The first-order chi connectivity index (χ1) is 30.1. The number of aromatic hydroxyl groups is 1. The van der Waals surface area contributed by atoms with Gasteiger partial charge in [-0.25, -0.2) is 4.98 Å². The number of para-hydroxylation sites is 1. The van der Waals surface area contributed by atoms with Gasteiger partial charge in [-0.2, -0.15) is 0 Å². The van der Waals surface area contributed by atoms with Crippen molar-refractivity contribution in [1.82, 2.24) is 14.5 Å². The molecule has 4 nitrogen and oxygen atoms in total. The van der Waals surface area contributed by atoms with Gasteiger partial charge in [-0.15, -0.1) is 23.8 Å². The Morgan fingerprint density at radius 3 is 2.02 bits per heavy atom. The van der Waals surface area contributed by atoms with Gasteiger partial charge in [-0.1, -0.05) is 158 Å². The van der Waals surface area contributed by atoms with Crippen molar-refractivity contribution in [3.63, 3.8) is 0 Å². The third-order valence-corrected chi connectivity index (χ3v) is 11.4. The topological polar surface area (TPSA) is 50.9 Å². The summed E-state index contributed by atoms with van der Waals surface area (Å²) in [6, 6.07) is 54.7. The first-order valence-electron chi connectivity index (χ1n) is 21.9. The maximum atomic E-state index is 11.8. The van der Waals surface area contributed by atoms with Gasteiger partial charge in [-0.3, -0.25) is 9.55 Å². The van der Waals surface area contributed by atoms with Crippen LogP contribution in [0, 0.1) is 33.7 Å². The molecule has 0 bridgehead atoms. The molecule has 0 unspecified atom stereocenters. The first kappa shape index (κ1) is 37.6. The minimum Gasteiger partial charge on any atom is -0.507 e. The molecule has 9 rings (SSSR count). The molecule has 7 aromatic carbocycles. The second-order valence-corrected chi connectivity index (χ2v) is 16.8. The monoisotopic (exact) mass is 976 g/mol. The zero-order valence-electron chi connectivity index (χ0n) is 38.1. The number of phenols is 1. The number of aromatic nitrogens is 3. The molecular formula is C56H48N3OPt-. The number of pyridine rings is 1. The van der Waals surface area contributed by atoms with Gasteiger partial charge in [0.15, 0.2) is 0 Å². The van der Waals surface area contributed by atoms with Gasteiger partial charge >= 0.3 is 0 Å². The number of phenolic OH excluding ortho intramolecular Hbond substituents is 1. The van der Waals surface area contributed by atoms with E-state index < -0.39 is 6.85 Å². The van der Waals surface area contributed by atoms with Gasteiger partial charge in [0, 0.05) is 42.6 Å². The number of imidazole rings is 1. The molecule has 0 spiro atoms. The Labute approximate surface area is 378 Å². The van der Waals surface area contributed by atoms with Gasteiger partial charge in [0.1, 0.15) is 11.6 Å². The predicted octanol–water partition coefficient (Wildman–Crippen LogP) is 14.5. The number of hydrogen-bond acceptors (Lipinski definition) is 3. The number of nitrogens with zero attached hydrogens (tertiary/aromatic N) is 3. The summed E-state index contributed by atoms with van der Waals surface area (Å²) in [4.78, 5) is 10.3. The van der Waals surface area contributed by atoms with E-state index >= 15 is 0 Å². The standard InChI is InChI=1S/C56H48N3O.Pt/c1-35-16-19-40(20-17-35)42-26-27-57-50(34-42)45-32-43(39-12-9-8-10-13-39)31-44(33-45)47-14-11-15-52-53(47)58-55(49-30-37(3)28-38(4)54(49)60)59(52)51-25-18-36(2)29-48(51)41-21-23-46(24-22-41)56(5,6)7;/h8-32,34,60H,1-7H3;/q-1;/i2D3;. The van der Waals surface area contributed by atoms with Crippen molar-refractivity contribution in [1.29, 1.82) is 0 Å². The summed E-state index contributed by atoms with van der Waals surface area (Å²) in [6.07, 6.45) is 1.85. The third kappa shape index (κ3) is 8.13. The Kier molecular flexibility index (Phi) is 10.2. The normalized spacial score (nSPS) is 12.4. The average Bonchev–Trinajstić information content (AvgIpc) is 3.67. The molecule has 2 heterocycles. The second kappa shape index (κ2) is 16.6. The Morgan fingerprint density at radius 1 is 0.590 bits per heavy atom. The molecular weight excluding hydrogens is 926 g/mol. The molecule has 1 N–H and O–H groups in total. The summed E-state index contributed by atoms with van der Waals surface area (Å²) < 4.78 is 27.3. The molecule has 0 radical (unpaired) electrons. The van der Waals surface area contributed by atoms with Crippen LogP contribution in [0.2, 0.25) is 0 Å². The number of hydrogen-bond donors (Lipinski definition) is 1. The number of aryl methyl sites for hydroxylation is 4. The van der Waals surface area contributed by atoms with Crippen LogP contribution in [-0.4, -0.2) is 19.6 Å². The summed E-state index contributed by atoms with van der Waals surface area (Å²) in [5, 5.41) is 11.8. The van der Waals surface area contributed by atoms with Gasteiger partial charge < -0.3 is 5.11 Å². The third-order valence-electron chi connectivity index (χ3n) is 11.4. The summed E-state index contributed by atoms with van der Waals surface area (Å²) in [5.74, 6) is 0.663. The summed E-state index contributed by atoms with van der Waals surface area (Å²) >= 11 is 0. The number of rotatable bonds is 7. The van der Waals surface area contributed by atoms with Crippen LogP contribution in [0.15, 0.2) is 158 Å². The molecule has 0 aliphatic heterocycles. The van der Waals surface area contributed by atoms with Gasteiger partial charge in [-0.05, 0) is 102 Å². The van der Waals surface area contributed by atoms with Gasteiger partial charge in [0.25, 0.3) is 0 Å². The maximum Gasteiger partial charge on any atom is 0.148 e. The summed E-state index contributed by atoms with van der Waals surface area (Å²) in [7, 11) is 0. The molecule has 2 aromatic heterocycles. The van der Waals surface area contributed by atoms with Crippen molar-refractivity contribution >= 4 is 11.0 Å². The van der Waals surface area contributed by atoms with Gasteiger partial charge in [0.05, 0.1) is 22.3 Å². The fraction of sp³-hybridized carbons (Fsp3) is 0.143. The SMILES string of the molecule is [2H]C([2H])([2H])c1ccc(-n2c(-c3cc(C)cc(C)c3O)nc3c(-c4[c-]c(-c5cc(-c6ccc(C)cc6)ccn5)cc(-c5ccccc5)c4)cccc32)c(-c2ccc(C(C)(C)C)cc2)c1.[Pt]. The van der Waals surface area contributed by atoms with Crippen LogP contribution in [0.4, 0.5) is 0 Å². The van der Waals surface area contributed by atoms with Gasteiger partial charge in [0.2, 0.25) is 0 Å². The molecule has 0 saturated carbocycles. The van der Waals surface area contributed by atoms with Crippen molar-refractivity contribution < 1.29 is 30.3 Å². The quantitative estimate of drug-likeness (QED) is 0.162. The van der Waals surface area contributed by atoms with E-state index in [-0.39, 0.29) is 37.8 Å². The van der Waals surface area contributed by atoms with E-state index in [0.29, 0.717) is 16.9 Å². The molecule has 304 valence electrons. The van der Waals surface area contributed by atoms with E-state index in [1.165, 1.54) is 11.1 Å². The molecule has 61 heavy (non-hydrogen) atoms. The Morgan fingerprint density at radius 2 is 1.28 bits per heavy atom. The number of fused-ring (bicyclic) bond motifs is 1. The van der Waals surface area contributed by atoms with Crippen LogP contribution in [0.5, 0.6) is 5.75 Å². The van der Waals surface area contributed by atoms with E-state index in [1.807, 2.05) is 74.6 Å². The van der Waals surface area contributed by atoms with Crippen molar-refractivity contribution in [3.05, 3.63) is 192 Å². The molecule has 0 atom stereocenters. The molecule has 0 aliphatic carbocycles. The van der Waals surface area contributed by atoms with E-state index in [2.05, 4.69) is 123 Å². The molecule has 0 aliphatic rings. The Bertz CT molecular complexity index is 3170. The summed E-state index contributed by atoms with van der Waals surface area (Å²) in [5.41, 5.74) is 16.2. The average molecular weight is 977 g/mol. The van der Waals surface area contributed by atoms with Crippen molar-refractivity contribution in [2.75, 3.05) is 0 Å². The van der Waals surface area contributed by atoms with Crippen LogP contribution < -0.4 is 0 Å². The minimum atomic E-state index is -2.33. The fourth-order valence-electron chi connectivity index (χ4n) is 8.14. The Balaban J connectivity index is 0.00000560. The van der Waals surface area contributed by atoms with Crippen molar-refractivity contribution in [2.24, 2.45) is 0 Å². The maximum absolute atomic E-state index is 11.8. The minimum absolute atomic E-state index is 0. The van der Waals surface area contributed by atoms with Crippen LogP contribution >= 0.6 is 0 Å². The fourth-order valence-corrected chi connectivity index (χ4v) is 8.14. The summed E-state index contributed by atoms with van der Waals surface area (Å²) in [6.45, 7) is 10.2. The zero-order valence-corrected chi connectivity index (χ0v) is 37.4. The van der Waals surface area contributed by atoms with E-state index in [0.717, 1.165) is 78.1 Å². The van der Waals surface area contributed by atoms with Crippen LogP contribution in [-0.2, 0) is 26.5 Å². The largest absolute Gasteiger partial charge is 0.507 e. The van der Waals surface area contributed by atoms with Crippen molar-refractivity contribution in [3.8, 4) is 78.6 Å². The van der Waals surface area contributed by atoms with Crippen LogP contribution in [0.3, 0.4) is 0 Å². The predicted molar refractivity (Wildman–Crippen MR) is 250 cm³/mol. The second-order valence-electron chi connectivity index (χ2n) is 16.8. The van der Waals surface area contributed by atoms with E-state index in [4.69, 9.17) is 14.1 Å².